The molecule has 0 spiro atoms. The van der Waals surface area contributed by atoms with E-state index in [4.69, 9.17) is 4.74 Å². The van der Waals surface area contributed by atoms with Crippen molar-refractivity contribution in [2.24, 2.45) is 5.92 Å². The predicted octanol–water partition coefficient (Wildman–Crippen LogP) is 3.22. The van der Waals surface area contributed by atoms with Crippen molar-refractivity contribution in [1.82, 2.24) is 14.5 Å². The van der Waals surface area contributed by atoms with Crippen LogP contribution in [0.25, 0.3) is 10.3 Å². The highest BCUT2D eigenvalue weighted by atomic mass is 32.1. The minimum atomic E-state index is -0.344. The van der Waals surface area contributed by atoms with Gasteiger partial charge >= 0.3 is 10.8 Å². The maximum absolute atomic E-state index is 12.7. The molecule has 4 heterocycles. The van der Waals surface area contributed by atoms with Crippen molar-refractivity contribution in [2.75, 3.05) is 32.3 Å². The van der Waals surface area contributed by atoms with E-state index in [1.807, 2.05) is 12.1 Å². The van der Waals surface area contributed by atoms with Gasteiger partial charge in [0.2, 0.25) is 0 Å². The maximum Gasteiger partial charge on any atom is 0.339 e. The number of carbonyl (C=O) groups is 1. The Morgan fingerprint density at radius 3 is 2.86 bits per heavy atom. The zero-order chi connectivity index (χ0) is 20.7. The second-order valence-corrected chi connectivity index (χ2v) is 9.75. The number of pyridine rings is 1. The molecule has 0 atom stereocenters. The standard InChI is InChI=1S/C20H24N4O3S2/c1-12(2)8-23-11-22(3)9-13-16(19(25)27-4)15(28-18(13)23)10-24-14-6-5-7-21-17(14)29-20(24)26/h5-7,12H,8-11H2,1-4H3. The van der Waals surface area contributed by atoms with Crippen LogP contribution in [-0.4, -0.2) is 47.8 Å². The molecule has 3 aromatic rings. The molecule has 0 N–H and O–H groups in total. The van der Waals surface area contributed by atoms with Gasteiger partial charge in [0.1, 0.15) is 4.83 Å². The van der Waals surface area contributed by atoms with Crippen molar-refractivity contribution < 1.29 is 9.53 Å². The molecule has 29 heavy (non-hydrogen) atoms. The third-order valence-corrected chi connectivity index (χ3v) is 7.09. The van der Waals surface area contributed by atoms with E-state index >= 15 is 0 Å². The van der Waals surface area contributed by atoms with Crippen LogP contribution >= 0.6 is 22.7 Å². The molecule has 0 amide bonds. The lowest BCUT2D eigenvalue weighted by Gasteiger charge is -2.35. The number of aromatic nitrogens is 2. The van der Waals surface area contributed by atoms with E-state index in [1.54, 1.807) is 22.1 Å². The van der Waals surface area contributed by atoms with Crippen molar-refractivity contribution in [2.45, 2.75) is 26.9 Å². The van der Waals surface area contributed by atoms with Crippen LogP contribution in [0.5, 0.6) is 0 Å². The molecule has 1 aliphatic heterocycles. The highest BCUT2D eigenvalue weighted by Gasteiger charge is 2.32. The molecule has 7 nitrogen and oxygen atoms in total. The molecule has 1 aliphatic rings. The fraction of sp³-hybridized carbons (Fsp3) is 0.450. The molecule has 0 saturated carbocycles. The van der Waals surface area contributed by atoms with Crippen LogP contribution in [-0.2, 0) is 17.8 Å². The number of anilines is 1. The van der Waals surface area contributed by atoms with Gasteiger partial charge in [-0.05, 0) is 25.1 Å². The summed E-state index contributed by atoms with van der Waals surface area (Å²) >= 11 is 2.72. The number of esters is 1. The Morgan fingerprint density at radius 2 is 2.14 bits per heavy atom. The largest absolute Gasteiger partial charge is 0.465 e. The van der Waals surface area contributed by atoms with Gasteiger partial charge in [-0.15, -0.1) is 11.3 Å². The van der Waals surface area contributed by atoms with Crippen LogP contribution in [0.15, 0.2) is 23.1 Å². The third kappa shape index (κ3) is 3.70. The fourth-order valence-corrected chi connectivity index (χ4v) is 5.93. The number of hydrogen-bond donors (Lipinski definition) is 0. The van der Waals surface area contributed by atoms with Crippen molar-refractivity contribution in [1.29, 1.82) is 0 Å². The number of rotatable bonds is 5. The Morgan fingerprint density at radius 1 is 1.34 bits per heavy atom. The van der Waals surface area contributed by atoms with Gasteiger partial charge in [0.15, 0.2) is 0 Å². The normalized spacial score (nSPS) is 14.6. The summed E-state index contributed by atoms with van der Waals surface area (Å²) < 4.78 is 6.83. The number of methoxy groups -OCH3 is 1. The van der Waals surface area contributed by atoms with E-state index in [9.17, 15) is 9.59 Å². The number of fused-ring (bicyclic) bond motifs is 2. The molecule has 154 valence electrons. The van der Waals surface area contributed by atoms with E-state index < -0.39 is 0 Å². The first-order valence-corrected chi connectivity index (χ1v) is 11.1. The molecular formula is C20H24N4O3S2. The summed E-state index contributed by atoms with van der Waals surface area (Å²) in [6, 6.07) is 3.72. The Bertz CT molecular complexity index is 1110. The van der Waals surface area contributed by atoms with Crippen molar-refractivity contribution in [3.8, 4) is 0 Å². The van der Waals surface area contributed by atoms with Crippen LogP contribution < -0.4 is 9.77 Å². The second-order valence-electron chi connectivity index (χ2n) is 7.73. The van der Waals surface area contributed by atoms with E-state index in [0.717, 1.165) is 45.5 Å². The monoisotopic (exact) mass is 432 g/mol. The molecule has 0 fully saturated rings. The molecule has 9 heteroatoms. The molecular weight excluding hydrogens is 408 g/mol. The number of ether oxygens (including phenoxy) is 1. The molecule has 0 aromatic carbocycles. The summed E-state index contributed by atoms with van der Waals surface area (Å²) in [7, 11) is 3.46. The number of thiazole rings is 1. The van der Waals surface area contributed by atoms with Gasteiger partial charge in [0, 0.05) is 29.7 Å². The Balaban J connectivity index is 1.84. The molecule has 0 bridgehead atoms. The third-order valence-electron chi connectivity index (χ3n) is 4.91. The van der Waals surface area contributed by atoms with Crippen molar-refractivity contribution in [3.05, 3.63) is 44.0 Å². The highest BCUT2D eigenvalue weighted by molar-refractivity contribution is 7.17. The second kappa shape index (κ2) is 7.89. The zero-order valence-corrected chi connectivity index (χ0v) is 18.6. The summed E-state index contributed by atoms with van der Waals surface area (Å²) in [6.07, 6.45) is 1.69. The summed E-state index contributed by atoms with van der Waals surface area (Å²) in [5.41, 5.74) is 2.39. The Labute approximate surface area is 177 Å². The molecule has 0 radical (unpaired) electrons. The fourth-order valence-electron chi connectivity index (χ4n) is 3.81. The summed E-state index contributed by atoms with van der Waals surface area (Å²) in [6.45, 7) is 7.12. The lowest BCUT2D eigenvalue weighted by atomic mass is 10.1. The maximum atomic E-state index is 12.7. The molecule has 4 rings (SSSR count). The van der Waals surface area contributed by atoms with Crippen LogP contribution in [0, 0.1) is 5.92 Å². The molecule has 3 aromatic heterocycles. The number of hydrogen-bond acceptors (Lipinski definition) is 8. The Kier molecular flexibility index (Phi) is 5.46. The van der Waals surface area contributed by atoms with Gasteiger partial charge in [-0.25, -0.2) is 9.78 Å². The number of carbonyl (C=O) groups excluding carboxylic acids is 1. The van der Waals surface area contributed by atoms with Gasteiger partial charge in [0.05, 0.1) is 36.4 Å². The first-order valence-electron chi connectivity index (χ1n) is 9.49. The first-order chi connectivity index (χ1) is 13.9. The van der Waals surface area contributed by atoms with Gasteiger partial charge in [-0.2, -0.15) is 0 Å². The van der Waals surface area contributed by atoms with Crippen LogP contribution in [0.4, 0.5) is 5.00 Å². The number of thiophene rings is 1. The smallest absolute Gasteiger partial charge is 0.339 e. The van der Waals surface area contributed by atoms with Gasteiger partial charge in [-0.1, -0.05) is 25.2 Å². The van der Waals surface area contributed by atoms with E-state index in [1.165, 1.54) is 7.11 Å². The van der Waals surface area contributed by atoms with Crippen LogP contribution in [0.3, 0.4) is 0 Å². The average molecular weight is 433 g/mol. The minimum Gasteiger partial charge on any atom is -0.465 e. The quantitative estimate of drug-likeness (QED) is 0.577. The summed E-state index contributed by atoms with van der Waals surface area (Å²) in [4.78, 5) is 35.6. The highest BCUT2D eigenvalue weighted by Crippen LogP contribution is 2.41. The molecule has 0 aliphatic carbocycles. The lowest BCUT2D eigenvalue weighted by Crippen LogP contribution is -2.41. The SMILES string of the molecule is COC(=O)c1c(Cn2c(=O)sc3ncccc32)sc2c1CN(C)CN2CC(C)C. The van der Waals surface area contributed by atoms with Crippen LogP contribution in [0.1, 0.15) is 34.6 Å². The molecule has 0 saturated heterocycles. The number of nitrogens with zero attached hydrogens (tertiary/aromatic N) is 4. The first kappa shape index (κ1) is 20.1. The predicted molar refractivity (Wildman–Crippen MR) is 117 cm³/mol. The van der Waals surface area contributed by atoms with Gasteiger partial charge in [0.25, 0.3) is 0 Å². The topological polar surface area (TPSA) is 67.7 Å². The van der Waals surface area contributed by atoms with Crippen LogP contribution in [0.2, 0.25) is 0 Å². The minimum absolute atomic E-state index is 0.0722. The van der Waals surface area contributed by atoms with Crippen molar-refractivity contribution in [3.63, 3.8) is 0 Å². The molecule has 0 unspecified atom stereocenters. The Hall–Kier alpha value is -2.23. The van der Waals surface area contributed by atoms with E-state index in [0.29, 0.717) is 29.4 Å². The van der Waals surface area contributed by atoms with E-state index in [2.05, 4.69) is 35.7 Å². The summed E-state index contributed by atoms with van der Waals surface area (Å²) in [5.74, 6) is 0.152. The van der Waals surface area contributed by atoms with Crippen molar-refractivity contribution >= 4 is 44.0 Å². The zero-order valence-electron chi connectivity index (χ0n) is 17.0. The lowest BCUT2D eigenvalue weighted by molar-refractivity contribution is 0.0597. The van der Waals surface area contributed by atoms with E-state index in [-0.39, 0.29) is 10.8 Å². The summed E-state index contributed by atoms with van der Waals surface area (Å²) in [5, 5.41) is 1.11. The average Bonchev–Trinajstić information content (AvgIpc) is 3.18. The van der Waals surface area contributed by atoms with Gasteiger partial charge in [-0.3, -0.25) is 14.3 Å². The van der Waals surface area contributed by atoms with Gasteiger partial charge < -0.3 is 9.64 Å².